The average molecular weight is 390 g/mol. The highest BCUT2D eigenvalue weighted by Gasteiger charge is 2.26. The van der Waals surface area contributed by atoms with E-state index in [0.29, 0.717) is 24.7 Å². The standard InChI is InChI=1S/C8H13NO.2C7H11NO/c1-3-7-5-8(10)9(4-2)6-7;1-3-8-5-6(2)4-7(8)9;1-3-8-5-4-6(2)7(8)9/h4,7H,2-3,5-6H2,1H3;2*3,6H,1,4-5H2,2H3. The Morgan fingerprint density at radius 1 is 0.893 bits per heavy atom. The fourth-order valence-electron chi connectivity index (χ4n) is 3.38. The van der Waals surface area contributed by atoms with E-state index in [9.17, 15) is 14.4 Å². The van der Waals surface area contributed by atoms with E-state index < -0.39 is 0 Å². The molecule has 3 unspecified atom stereocenters. The van der Waals surface area contributed by atoms with Gasteiger partial charge in [-0.2, -0.15) is 0 Å². The highest BCUT2D eigenvalue weighted by Crippen LogP contribution is 2.20. The van der Waals surface area contributed by atoms with Gasteiger partial charge in [-0.15, -0.1) is 0 Å². The molecular formula is C22H35N3O3. The van der Waals surface area contributed by atoms with Crippen molar-refractivity contribution in [3.05, 3.63) is 38.3 Å². The lowest BCUT2D eigenvalue weighted by Crippen LogP contribution is -2.19. The van der Waals surface area contributed by atoms with Crippen molar-refractivity contribution in [2.24, 2.45) is 17.8 Å². The van der Waals surface area contributed by atoms with Gasteiger partial charge in [0.15, 0.2) is 0 Å². The molecular weight excluding hydrogens is 354 g/mol. The SMILES string of the molecule is C=CN1CC(C)CC1=O.C=CN1CC(CC)CC1=O.C=CN1CCC(C)C1=O. The second kappa shape index (κ2) is 11.5. The molecule has 0 radical (unpaired) electrons. The van der Waals surface area contributed by atoms with Crippen LogP contribution in [0.1, 0.15) is 46.5 Å². The second-order valence-electron chi connectivity index (χ2n) is 7.65. The molecule has 0 aromatic carbocycles. The van der Waals surface area contributed by atoms with E-state index in [1.54, 1.807) is 33.3 Å². The summed E-state index contributed by atoms with van der Waals surface area (Å²) < 4.78 is 0. The average Bonchev–Trinajstić information content (AvgIpc) is 3.32. The van der Waals surface area contributed by atoms with Crippen molar-refractivity contribution in [3.63, 3.8) is 0 Å². The van der Waals surface area contributed by atoms with Crippen molar-refractivity contribution in [2.45, 2.75) is 46.5 Å². The smallest absolute Gasteiger partial charge is 0.229 e. The largest absolute Gasteiger partial charge is 0.319 e. The van der Waals surface area contributed by atoms with Crippen molar-refractivity contribution < 1.29 is 14.4 Å². The normalized spacial score (nSPS) is 26.5. The van der Waals surface area contributed by atoms with Gasteiger partial charge in [-0.1, -0.05) is 46.9 Å². The summed E-state index contributed by atoms with van der Waals surface area (Å²) in [5, 5.41) is 0. The van der Waals surface area contributed by atoms with Crippen LogP contribution in [-0.2, 0) is 14.4 Å². The lowest BCUT2D eigenvalue weighted by atomic mass is 10.1. The predicted octanol–water partition coefficient (Wildman–Crippen LogP) is 3.39. The molecule has 0 bridgehead atoms. The van der Waals surface area contributed by atoms with Gasteiger partial charge < -0.3 is 14.7 Å². The molecule has 6 nitrogen and oxygen atoms in total. The summed E-state index contributed by atoms with van der Waals surface area (Å²) in [5.74, 6) is 1.92. The summed E-state index contributed by atoms with van der Waals surface area (Å²) in [6, 6.07) is 0. The Bertz CT molecular complexity index is 596. The third kappa shape index (κ3) is 6.66. The van der Waals surface area contributed by atoms with Crippen molar-refractivity contribution in [1.82, 2.24) is 14.7 Å². The number of carbonyl (C=O) groups excluding carboxylic acids is 3. The van der Waals surface area contributed by atoms with Crippen LogP contribution < -0.4 is 0 Å². The zero-order valence-electron chi connectivity index (χ0n) is 17.6. The fraction of sp³-hybridized carbons (Fsp3) is 0.591. The second-order valence-corrected chi connectivity index (χ2v) is 7.65. The van der Waals surface area contributed by atoms with Crippen LogP contribution in [-0.4, -0.2) is 52.1 Å². The molecule has 3 fully saturated rings. The van der Waals surface area contributed by atoms with E-state index >= 15 is 0 Å². The topological polar surface area (TPSA) is 60.9 Å². The van der Waals surface area contributed by atoms with Gasteiger partial charge in [-0.25, -0.2) is 0 Å². The quantitative estimate of drug-likeness (QED) is 0.740. The number of likely N-dealkylation sites (tertiary alicyclic amines) is 3. The van der Waals surface area contributed by atoms with Gasteiger partial charge in [0.1, 0.15) is 0 Å². The number of rotatable bonds is 4. The maximum atomic E-state index is 11.0. The van der Waals surface area contributed by atoms with Gasteiger partial charge in [0.05, 0.1) is 0 Å². The Kier molecular flexibility index (Phi) is 9.69. The summed E-state index contributed by atoms with van der Waals surface area (Å²) in [4.78, 5) is 37.9. The zero-order chi connectivity index (χ0) is 21.3. The molecule has 156 valence electrons. The molecule has 0 N–H and O–H groups in total. The Balaban J connectivity index is 0.000000210. The first-order chi connectivity index (χ1) is 13.3. The molecule has 3 atom stereocenters. The van der Waals surface area contributed by atoms with E-state index in [1.807, 2.05) is 6.92 Å². The summed E-state index contributed by atoms with van der Waals surface area (Å²) in [6.45, 7) is 19.3. The number of amides is 3. The van der Waals surface area contributed by atoms with Crippen LogP contribution in [0.15, 0.2) is 38.3 Å². The van der Waals surface area contributed by atoms with Crippen LogP contribution in [0.2, 0.25) is 0 Å². The fourth-order valence-corrected chi connectivity index (χ4v) is 3.38. The monoisotopic (exact) mass is 389 g/mol. The van der Waals surface area contributed by atoms with Crippen molar-refractivity contribution in [2.75, 3.05) is 19.6 Å². The third-order valence-corrected chi connectivity index (χ3v) is 5.34. The minimum atomic E-state index is 0.206. The van der Waals surface area contributed by atoms with Gasteiger partial charge in [-0.3, -0.25) is 14.4 Å². The molecule has 3 rings (SSSR count). The molecule has 0 aromatic heterocycles. The van der Waals surface area contributed by atoms with Gasteiger partial charge in [-0.05, 0) is 36.9 Å². The number of hydrogen-bond acceptors (Lipinski definition) is 3. The van der Waals surface area contributed by atoms with E-state index in [-0.39, 0.29) is 23.6 Å². The van der Waals surface area contributed by atoms with Gasteiger partial charge >= 0.3 is 0 Å². The Hall–Kier alpha value is -2.37. The highest BCUT2D eigenvalue weighted by atomic mass is 16.2. The third-order valence-electron chi connectivity index (χ3n) is 5.34. The minimum absolute atomic E-state index is 0.206. The van der Waals surface area contributed by atoms with Crippen LogP contribution in [0.25, 0.3) is 0 Å². The van der Waals surface area contributed by atoms with Crippen LogP contribution in [0.3, 0.4) is 0 Å². The molecule has 0 saturated carbocycles. The molecule has 28 heavy (non-hydrogen) atoms. The molecule has 3 amide bonds. The molecule has 0 aliphatic carbocycles. The number of carbonyl (C=O) groups is 3. The highest BCUT2D eigenvalue weighted by molar-refractivity contribution is 5.81. The van der Waals surface area contributed by atoms with Crippen molar-refractivity contribution in [1.29, 1.82) is 0 Å². The Labute approximate surface area is 169 Å². The summed E-state index contributed by atoms with van der Waals surface area (Å²) in [7, 11) is 0. The van der Waals surface area contributed by atoms with Crippen LogP contribution in [0.5, 0.6) is 0 Å². The first kappa shape index (κ1) is 23.7. The lowest BCUT2D eigenvalue weighted by Gasteiger charge is -2.08. The summed E-state index contributed by atoms with van der Waals surface area (Å²) >= 11 is 0. The van der Waals surface area contributed by atoms with E-state index in [1.165, 1.54) is 0 Å². The van der Waals surface area contributed by atoms with E-state index in [2.05, 4.69) is 33.6 Å². The Morgan fingerprint density at radius 2 is 1.43 bits per heavy atom. The van der Waals surface area contributed by atoms with Gasteiger partial charge in [0, 0.05) is 38.4 Å². The maximum absolute atomic E-state index is 11.0. The van der Waals surface area contributed by atoms with Crippen molar-refractivity contribution in [3.8, 4) is 0 Å². The first-order valence-corrected chi connectivity index (χ1v) is 10.0. The predicted molar refractivity (Wildman–Crippen MR) is 112 cm³/mol. The maximum Gasteiger partial charge on any atom is 0.229 e. The van der Waals surface area contributed by atoms with Crippen LogP contribution in [0.4, 0.5) is 0 Å². The first-order valence-electron chi connectivity index (χ1n) is 10.0. The summed E-state index contributed by atoms with van der Waals surface area (Å²) in [5.41, 5.74) is 0. The molecule has 0 spiro atoms. The summed E-state index contributed by atoms with van der Waals surface area (Å²) in [6.07, 6.45) is 8.30. The molecule has 0 aromatic rings. The number of nitrogens with zero attached hydrogens (tertiary/aromatic N) is 3. The van der Waals surface area contributed by atoms with E-state index in [4.69, 9.17) is 0 Å². The molecule has 3 aliphatic rings. The Morgan fingerprint density at radius 3 is 1.68 bits per heavy atom. The lowest BCUT2D eigenvalue weighted by molar-refractivity contribution is -0.128. The minimum Gasteiger partial charge on any atom is -0.319 e. The molecule has 3 aliphatic heterocycles. The van der Waals surface area contributed by atoms with Crippen LogP contribution in [0, 0.1) is 17.8 Å². The van der Waals surface area contributed by atoms with E-state index in [0.717, 1.165) is 32.5 Å². The molecule has 3 saturated heterocycles. The van der Waals surface area contributed by atoms with Crippen molar-refractivity contribution >= 4 is 17.7 Å². The van der Waals surface area contributed by atoms with Crippen LogP contribution >= 0.6 is 0 Å². The van der Waals surface area contributed by atoms with Gasteiger partial charge in [0.25, 0.3) is 0 Å². The van der Waals surface area contributed by atoms with Gasteiger partial charge in [0.2, 0.25) is 17.7 Å². The zero-order valence-corrected chi connectivity index (χ0v) is 17.6. The molecule has 3 heterocycles. The number of hydrogen-bond donors (Lipinski definition) is 0. The molecule has 6 heteroatoms.